The lowest BCUT2D eigenvalue weighted by molar-refractivity contribution is 0.0650. The Balaban J connectivity index is 2.25. The van der Waals surface area contributed by atoms with Crippen LogP contribution in [0.2, 0.25) is 0 Å². The van der Waals surface area contributed by atoms with Crippen molar-refractivity contribution in [3.8, 4) is 11.8 Å². The first-order valence-corrected chi connectivity index (χ1v) is 3.74. The van der Waals surface area contributed by atoms with Gasteiger partial charge < -0.3 is 10.1 Å². The highest BCUT2D eigenvalue weighted by Gasteiger charge is 2.08. The van der Waals surface area contributed by atoms with Gasteiger partial charge in [-0.3, -0.25) is 0 Å². The van der Waals surface area contributed by atoms with E-state index in [1.807, 2.05) is 6.92 Å². The summed E-state index contributed by atoms with van der Waals surface area (Å²) < 4.78 is 5.34. The number of nitrogens with one attached hydrogen (secondary N) is 1. The molecule has 1 aliphatic rings. The van der Waals surface area contributed by atoms with E-state index in [2.05, 4.69) is 17.2 Å². The fourth-order valence-corrected chi connectivity index (χ4v) is 0.874. The van der Waals surface area contributed by atoms with Crippen LogP contribution in [0, 0.1) is 11.8 Å². The molecule has 10 heavy (non-hydrogen) atoms. The van der Waals surface area contributed by atoms with Crippen molar-refractivity contribution in [2.75, 3.05) is 19.7 Å². The van der Waals surface area contributed by atoms with E-state index in [1.165, 1.54) is 0 Å². The van der Waals surface area contributed by atoms with Crippen LogP contribution in [0.1, 0.15) is 13.3 Å². The van der Waals surface area contributed by atoms with Gasteiger partial charge in [0.05, 0.1) is 6.61 Å². The summed E-state index contributed by atoms with van der Waals surface area (Å²) in [6.07, 6.45) is 1.05. The summed E-state index contributed by atoms with van der Waals surface area (Å²) >= 11 is 0. The lowest BCUT2D eigenvalue weighted by atomic mass is 10.3. The molecule has 56 valence electrons. The van der Waals surface area contributed by atoms with E-state index in [1.54, 1.807) is 0 Å². The van der Waals surface area contributed by atoms with E-state index < -0.39 is 0 Å². The van der Waals surface area contributed by atoms with Crippen LogP contribution in [-0.4, -0.2) is 25.8 Å². The average Bonchev–Trinajstić information content (AvgIpc) is 2.03. The highest BCUT2D eigenvalue weighted by molar-refractivity contribution is 5.05. The van der Waals surface area contributed by atoms with Crippen LogP contribution in [0.25, 0.3) is 0 Å². The second kappa shape index (κ2) is 4.32. The van der Waals surface area contributed by atoms with Crippen molar-refractivity contribution in [3.05, 3.63) is 0 Å². The molecule has 1 saturated heterocycles. The summed E-state index contributed by atoms with van der Waals surface area (Å²) in [6, 6.07) is 0. The topological polar surface area (TPSA) is 21.3 Å². The maximum Gasteiger partial charge on any atom is 0.130 e. The largest absolute Gasteiger partial charge is 0.363 e. The predicted octanol–water partition coefficient (Wildman–Crippen LogP) is 0.388. The first-order chi connectivity index (χ1) is 4.93. The second-order valence-electron chi connectivity index (χ2n) is 2.24. The molecule has 1 aliphatic heterocycles. The first kappa shape index (κ1) is 7.59. The van der Waals surface area contributed by atoms with E-state index in [4.69, 9.17) is 4.74 Å². The summed E-state index contributed by atoms with van der Waals surface area (Å²) in [5.41, 5.74) is 0. The smallest absolute Gasteiger partial charge is 0.130 e. The molecule has 1 fully saturated rings. The van der Waals surface area contributed by atoms with Crippen molar-refractivity contribution in [3.63, 3.8) is 0 Å². The molecule has 1 atom stereocenters. The van der Waals surface area contributed by atoms with Gasteiger partial charge in [-0.15, -0.1) is 5.92 Å². The summed E-state index contributed by atoms with van der Waals surface area (Å²) in [6.45, 7) is 4.68. The molecule has 0 amide bonds. The van der Waals surface area contributed by atoms with Gasteiger partial charge in [0.15, 0.2) is 0 Å². The van der Waals surface area contributed by atoms with Crippen molar-refractivity contribution in [2.24, 2.45) is 0 Å². The Morgan fingerprint density at radius 1 is 1.70 bits per heavy atom. The van der Waals surface area contributed by atoms with Gasteiger partial charge in [-0.05, 0) is 0 Å². The normalized spacial score (nSPS) is 25.1. The van der Waals surface area contributed by atoms with E-state index in [0.29, 0.717) is 0 Å². The second-order valence-corrected chi connectivity index (χ2v) is 2.24. The summed E-state index contributed by atoms with van der Waals surface area (Å²) in [4.78, 5) is 0. The monoisotopic (exact) mass is 139 g/mol. The lowest BCUT2D eigenvalue weighted by Gasteiger charge is -2.18. The molecular formula is C8H13NO. The summed E-state index contributed by atoms with van der Waals surface area (Å²) in [5.74, 6) is 6.04. The van der Waals surface area contributed by atoms with Crippen LogP contribution < -0.4 is 5.32 Å². The molecule has 1 rings (SSSR count). The highest BCUT2D eigenvalue weighted by Crippen LogP contribution is 1.92. The van der Waals surface area contributed by atoms with Crippen LogP contribution in [-0.2, 0) is 4.74 Å². The van der Waals surface area contributed by atoms with E-state index in [9.17, 15) is 0 Å². The molecule has 0 spiro atoms. The van der Waals surface area contributed by atoms with E-state index >= 15 is 0 Å². The van der Waals surface area contributed by atoms with Crippen LogP contribution in [0.5, 0.6) is 0 Å². The molecule has 0 saturated carbocycles. The van der Waals surface area contributed by atoms with Gasteiger partial charge in [0.25, 0.3) is 0 Å². The number of hydrogen-bond donors (Lipinski definition) is 1. The Labute approximate surface area is 62.0 Å². The Morgan fingerprint density at radius 3 is 3.20 bits per heavy atom. The molecule has 1 unspecified atom stereocenters. The molecule has 0 aromatic heterocycles. The third-order valence-corrected chi connectivity index (χ3v) is 1.37. The van der Waals surface area contributed by atoms with Crippen molar-refractivity contribution >= 4 is 0 Å². The maximum absolute atomic E-state index is 5.34. The van der Waals surface area contributed by atoms with Crippen LogP contribution in [0.4, 0.5) is 0 Å². The third-order valence-electron chi connectivity index (χ3n) is 1.37. The number of ether oxygens (including phenoxy) is 1. The molecule has 2 heteroatoms. The third kappa shape index (κ3) is 2.38. The number of rotatable bonds is 0. The molecule has 0 aromatic rings. The van der Waals surface area contributed by atoms with Gasteiger partial charge in [0.2, 0.25) is 0 Å². The Hall–Kier alpha value is -0.520. The number of morpholine rings is 1. The Bertz CT molecular complexity index is 139. The molecule has 0 radical (unpaired) electrons. The Kier molecular flexibility index (Phi) is 3.28. The molecule has 1 N–H and O–H groups in total. The van der Waals surface area contributed by atoms with Crippen molar-refractivity contribution < 1.29 is 4.74 Å². The minimum Gasteiger partial charge on any atom is -0.363 e. The van der Waals surface area contributed by atoms with Crippen LogP contribution >= 0.6 is 0 Å². The first-order valence-electron chi connectivity index (χ1n) is 3.74. The lowest BCUT2D eigenvalue weighted by Crippen LogP contribution is -2.37. The summed E-state index contributed by atoms with van der Waals surface area (Å²) in [7, 11) is 0. The molecule has 2 nitrogen and oxygen atoms in total. The van der Waals surface area contributed by atoms with E-state index in [-0.39, 0.29) is 6.10 Å². The molecule has 0 bridgehead atoms. The molecule has 0 aromatic carbocycles. The van der Waals surface area contributed by atoms with Crippen LogP contribution in [0.15, 0.2) is 0 Å². The van der Waals surface area contributed by atoms with Crippen LogP contribution in [0.3, 0.4) is 0 Å². The zero-order valence-electron chi connectivity index (χ0n) is 6.31. The highest BCUT2D eigenvalue weighted by atomic mass is 16.5. The standard InChI is InChI=1S/C8H13NO/c1-2-3-4-8-7-9-5-6-10-8/h8-9H,2,5-7H2,1H3. The molecule has 0 aliphatic carbocycles. The quantitative estimate of drug-likeness (QED) is 0.490. The predicted molar refractivity (Wildman–Crippen MR) is 40.7 cm³/mol. The zero-order valence-corrected chi connectivity index (χ0v) is 6.31. The van der Waals surface area contributed by atoms with Crippen molar-refractivity contribution in [1.29, 1.82) is 0 Å². The SMILES string of the molecule is CCC#CC1CNCCO1. The van der Waals surface area contributed by atoms with E-state index in [0.717, 1.165) is 26.1 Å². The van der Waals surface area contributed by atoms with Crippen molar-refractivity contribution in [2.45, 2.75) is 19.4 Å². The molecule has 1 heterocycles. The summed E-state index contributed by atoms with van der Waals surface area (Å²) in [5, 5.41) is 3.22. The van der Waals surface area contributed by atoms with Gasteiger partial charge in [-0.1, -0.05) is 12.8 Å². The fourth-order valence-electron chi connectivity index (χ4n) is 0.874. The minimum atomic E-state index is 0.133. The zero-order chi connectivity index (χ0) is 7.23. The Morgan fingerprint density at radius 2 is 2.60 bits per heavy atom. The minimum absolute atomic E-state index is 0.133. The molecular weight excluding hydrogens is 126 g/mol. The van der Waals surface area contributed by atoms with Gasteiger partial charge >= 0.3 is 0 Å². The number of hydrogen-bond acceptors (Lipinski definition) is 2. The van der Waals surface area contributed by atoms with Gasteiger partial charge in [-0.2, -0.15) is 0 Å². The fraction of sp³-hybridized carbons (Fsp3) is 0.750. The van der Waals surface area contributed by atoms with Gasteiger partial charge in [0, 0.05) is 19.5 Å². The van der Waals surface area contributed by atoms with Gasteiger partial charge in [0.1, 0.15) is 6.10 Å². The van der Waals surface area contributed by atoms with Gasteiger partial charge in [-0.25, -0.2) is 0 Å². The maximum atomic E-state index is 5.34. The van der Waals surface area contributed by atoms with Crippen molar-refractivity contribution in [1.82, 2.24) is 5.32 Å². The average molecular weight is 139 g/mol.